The van der Waals surface area contributed by atoms with Gasteiger partial charge in [0.25, 0.3) is 0 Å². The highest BCUT2D eigenvalue weighted by Gasteiger charge is 2.34. The normalized spacial score (nSPS) is 40.6. The lowest BCUT2D eigenvalue weighted by Gasteiger charge is -2.41. The van der Waals surface area contributed by atoms with E-state index in [1.807, 2.05) is 0 Å². The van der Waals surface area contributed by atoms with Crippen molar-refractivity contribution in [3.8, 4) is 0 Å². The van der Waals surface area contributed by atoms with Crippen molar-refractivity contribution < 1.29 is 0 Å². The number of fused-ring (bicyclic) bond motifs is 1. The Labute approximate surface area is 101 Å². The summed E-state index contributed by atoms with van der Waals surface area (Å²) in [4.78, 5) is 0. The van der Waals surface area contributed by atoms with E-state index < -0.39 is 0 Å². The first-order chi connectivity index (χ1) is 7.93. The predicted octanol–water partition coefficient (Wildman–Crippen LogP) is 4.95. The molecule has 0 aliphatic heterocycles. The molecule has 90 valence electrons. The maximum atomic E-state index is 2.53. The van der Waals surface area contributed by atoms with Gasteiger partial charge >= 0.3 is 0 Å². The fourth-order valence-electron chi connectivity index (χ4n) is 4.52. The highest BCUT2D eigenvalue weighted by Crippen LogP contribution is 2.45. The molecule has 0 radical (unpaired) electrons. The number of allylic oxidation sites excluding steroid dienone is 2. The molecule has 3 aliphatic rings. The maximum absolute atomic E-state index is 2.53. The Bertz CT molecular complexity index is 247. The van der Waals surface area contributed by atoms with Gasteiger partial charge < -0.3 is 0 Å². The Balaban J connectivity index is 1.60. The fourth-order valence-corrected chi connectivity index (χ4v) is 4.52. The lowest BCUT2D eigenvalue weighted by molar-refractivity contribution is 0.125. The molecule has 2 saturated carbocycles. The summed E-state index contributed by atoms with van der Waals surface area (Å²) >= 11 is 0. The van der Waals surface area contributed by atoms with E-state index in [-0.39, 0.29) is 0 Å². The minimum absolute atomic E-state index is 0.966. The molecular formula is C16H26. The molecule has 3 unspecified atom stereocenters. The number of hydrogen-bond acceptors (Lipinski definition) is 0. The van der Waals surface area contributed by atoms with E-state index in [9.17, 15) is 0 Å². The average molecular weight is 218 g/mol. The van der Waals surface area contributed by atoms with Crippen molar-refractivity contribution in [1.82, 2.24) is 0 Å². The first kappa shape index (κ1) is 10.9. The summed E-state index contributed by atoms with van der Waals surface area (Å²) < 4.78 is 0. The lowest BCUT2D eigenvalue weighted by Crippen LogP contribution is -2.30. The van der Waals surface area contributed by atoms with Crippen molar-refractivity contribution in [2.45, 2.75) is 64.2 Å². The van der Waals surface area contributed by atoms with Gasteiger partial charge in [0.2, 0.25) is 0 Å². The third-order valence-electron chi connectivity index (χ3n) is 5.49. The summed E-state index contributed by atoms with van der Waals surface area (Å²) in [5, 5.41) is 0. The van der Waals surface area contributed by atoms with Crippen molar-refractivity contribution in [1.29, 1.82) is 0 Å². The molecule has 16 heavy (non-hydrogen) atoms. The van der Waals surface area contributed by atoms with Gasteiger partial charge in [0.05, 0.1) is 0 Å². The summed E-state index contributed by atoms with van der Waals surface area (Å²) in [6.07, 6.45) is 20.1. The molecule has 0 aromatic heterocycles. The van der Waals surface area contributed by atoms with Crippen LogP contribution in [0.2, 0.25) is 0 Å². The van der Waals surface area contributed by atoms with Crippen molar-refractivity contribution >= 4 is 0 Å². The van der Waals surface area contributed by atoms with Crippen molar-refractivity contribution in [3.63, 3.8) is 0 Å². The fraction of sp³-hybridized carbons (Fsp3) is 0.875. The van der Waals surface area contributed by atoms with Crippen LogP contribution in [0.1, 0.15) is 64.2 Å². The van der Waals surface area contributed by atoms with Crippen LogP contribution in [0.25, 0.3) is 0 Å². The number of hydrogen-bond donors (Lipinski definition) is 0. The molecule has 0 saturated heterocycles. The first-order valence-corrected chi connectivity index (χ1v) is 7.60. The van der Waals surface area contributed by atoms with Crippen LogP contribution in [0.15, 0.2) is 12.2 Å². The van der Waals surface area contributed by atoms with Crippen LogP contribution in [0.4, 0.5) is 0 Å². The highest BCUT2D eigenvalue weighted by atomic mass is 14.4. The van der Waals surface area contributed by atoms with Gasteiger partial charge in [0.15, 0.2) is 0 Å². The number of rotatable bonds is 1. The van der Waals surface area contributed by atoms with Crippen LogP contribution in [-0.4, -0.2) is 0 Å². The van der Waals surface area contributed by atoms with Crippen LogP contribution in [0.3, 0.4) is 0 Å². The smallest absolute Gasteiger partial charge is 0.0205 e. The highest BCUT2D eigenvalue weighted by molar-refractivity contribution is 5.00. The Morgan fingerprint density at radius 1 is 0.688 bits per heavy atom. The van der Waals surface area contributed by atoms with E-state index in [0.717, 1.165) is 23.7 Å². The molecule has 0 N–H and O–H groups in total. The van der Waals surface area contributed by atoms with Gasteiger partial charge in [0, 0.05) is 0 Å². The van der Waals surface area contributed by atoms with Crippen molar-refractivity contribution in [2.24, 2.45) is 23.7 Å². The Hall–Kier alpha value is -0.260. The third-order valence-corrected chi connectivity index (χ3v) is 5.49. The van der Waals surface area contributed by atoms with Gasteiger partial charge in [-0.3, -0.25) is 0 Å². The van der Waals surface area contributed by atoms with Crippen molar-refractivity contribution in [3.05, 3.63) is 12.2 Å². The van der Waals surface area contributed by atoms with Gasteiger partial charge in [0.1, 0.15) is 0 Å². The average Bonchev–Trinajstić information content (AvgIpc) is 2.39. The van der Waals surface area contributed by atoms with Crippen LogP contribution in [-0.2, 0) is 0 Å². The maximum Gasteiger partial charge on any atom is -0.0205 e. The summed E-state index contributed by atoms with van der Waals surface area (Å²) in [6, 6.07) is 0. The minimum atomic E-state index is 0.966. The quantitative estimate of drug-likeness (QED) is 0.546. The molecule has 0 aromatic carbocycles. The monoisotopic (exact) mass is 218 g/mol. The largest absolute Gasteiger partial charge is 0.0882 e. The van der Waals surface area contributed by atoms with Crippen LogP contribution in [0, 0.1) is 23.7 Å². The SMILES string of the molecule is C1=CC2CCC(C3CCCCC3)CC2CC1. The molecule has 3 atom stereocenters. The molecule has 0 nitrogen and oxygen atoms in total. The standard InChI is InChI=1S/C16H26/c1-2-6-13(7-3-1)16-11-10-14-8-4-5-9-15(14)12-16/h4,8,13-16H,1-3,5-7,9-12H2. The predicted molar refractivity (Wildman–Crippen MR) is 69.3 cm³/mol. The van der Waals surface area contributed by atoms with Crippen LogP contribution >= 0.6 is 0 Å². The second kappa shape index (κ2) is 4.94. The Morgan fingerprint density at radius 2 is 1.56 bits per heavy atom. The zero-order chi connectivity index (χ0) is 10.8. The van der Waals surface area contributed by atoms with Crippen LogP contribution in [0.5, 0.6) is 0 Å². The van der Waals surface area contributed by atoms with E-state index in [4.69, 9.17) is 0 Å². The van der Waals surface area contributed by atoms with Gasteiger partial charge in [-0.15, -0.1) is 0 Å². The molecule has 0 aromatic rings. The van der Waals surface area contributed by atoms with Crippen LogP contribution < -0.4 is 0 Å². The second-order valence-electron chi connectivity index (χ2n) is 6.40. The Morgan fingerprint density at radius 3 is 2.44 bits per heavy atom. The van der Waals surface area contributed by atoms with Gasteiger partial charge in [-0.25, -0.2) is 0 Å². The topological polar surface area (TPSA) is 0 Å². The molecule has 2 fully saturated rings. The lowest BCUT2D eigenvalue weighted by atomic mass is 9.65. The van der Waals surface area contributed by atoms with Gasteiger partial charge in [-0.2, -0.15) is 0 Å². The third kappa shape index (κ3) is 2.21. The minimum Gasteiger partial charge on any atom is -0.0882 e. The van der Waals surface area contributed by atoms with Crippen molar-refractivity contribution in [2.75, 3.05) is 0 Å². The molecule has 0 spiro atoms. The summed E-state index contributed by atoms with van der Waals surface area (Å²) in [6.45, 7) is 0. The molecular weight excluding hydrogens is 192 g/mol. The Kier molecular flexibility index (Phi) is 3.35. The van der Waals surface area contributed by atoms with Gasteiger partial charge in [-0.05, 0) is 55.8 Å². The molecule has 0 amide bonds. The van der Waals surface area contributed by atoms with E-state index in [1.54, 1.807) is 19.3 Å². The van der Waals surface area contributed by atoms with E-state index in [2.05, 4.69) is 12.2 Å². The first-order valence-electron chi connectivity index (χ1n) is 7.60. The van der Waals surface area contributed by atoms with E-state index >= 15 is 0 Å². The summed E-state index contributed by atoms with van der Waals surface area (Å²) in [7, 11) is 0. The molecule has 3 rings (SSSR count). The summed E-state index contributed by atoms with van der Waals surface area (Å²) in [5.74, 6) is 4.24. The second-order valence-corrected chi connectivity index (χ2v) is 6.40. The van der Waals surface area contributed by atoms with E-state index in [0.29, 0.717) is 0 Å². The zero-order valence-corrected chi connectivity index (χ0v) is 10.5. The van der Waals surface area contributed by atoms with Gasteiger partial charge in [-0.1, -0.05) is 44.3 Å². The molecule has 0 heteroatoms. The molecule has 0 heterocycles. The zero-order valence-electron chi connectivity index (χ0n) is 10.5. The summed E-state index contributed by atoms with van der Waals surface area (Å²) in [5.41, 5.74) is 0. The van der Waals surface area contributed by atoms with E-state index in [1.165, 1.54) is 44.9 Å². The molecule has 3 aliphatic carbocycles. The molecule has 0 bridgehead atoms.